The van der Waals surface area contributed by atoms with Gasteiger partial charge in [-0.3, -0.25) is 4.79 Å². The molecule has 0 amide bonds. The van der Waals surface area contributed by atoms with Crippen LogP contribution < -0.4 is 5.32 Å². The van der Waals surface area contributed by atoms with Crippen LogP contribution in [0.2, 0.25) is 0 Å². The molecule has 5 nitrogen and oxygen atoms in total. The van der Waals surface area contributed by atoms with E-state index < -0.39 is 5.97 Å². The summed E-state index contributed by atoms with van der Waals surface area (Å²) in [4.78, 5) is 10.4. The highest BCUT2D eigenvalue weighted by atomic mass is 32.2. The van der Waals surface area contributed by atoms with E-state index in [0.29, 0.717) is 10.4 Å². The van der Waals surface area contributed by atoms with Crippen molar-refractivity contribution >= 4 is 34.2 Å². The van der Waals surface area contributed by atoms with Crippen molar-refractivity contribution in [1.29, 1.82) is 0 Å². The number of anilines is 1. The van der Waals surface area contributed by atoms with Gasteiger partial charge in [0.1, 0.15) is 0 Å². The molecule has 0 spiro atoms. The Morgan fingerprint density at radius 3 is 3.06 bits per heavy atom. The topological polar surface area (TPSA) is 75.1 Å². The Hall–Kier alpha value is -0.820. The van der Waals surface area contributed by atoms with Crippen molar-refractivity contribution in [2.24, 2.45) is 5.92 Å². The predicted octanol–water partition coefficient (Wildman–Crippen LogP) is 2.32. The Morgan fingerprint density at radius 2 is 2.41 bits per heavy atom. The van der Waals surface area contributed by atoms with Gasteiger partial charge in [0.05, 0.1) is 5.75 Å². The molecule has 7 heteroatoms. The van der Waals surface area contributed by atoms with Gasteiger partial charge in [-0.15, -0.1) is 10.2 Å². The van der Waals surface area contributed by atoms with Crippen LogP contribution in [0.25, 0.3) is 0 Å². The maximum Gasteiger partial charge on any atom is 0.313 e. The molecule has 0 aromatic carbocycles. The van der Waals surface area contributed by atoms with Crippen LogP contribution in [-0.2, 0) is 4.79 Å². The van der Waals surface area contributed by atoms with Crippen molar-refractivity contribution in [2.75, 3.05) is 11.1 Å². The number of nitrogens with one attached hydrogen (secondary N) is 1. The lowest BCUT2D eigenvalue weighted by Gasteiger charge is -2.09. The molecule has 1 aliphatic carbocycles. The summed E-state index contributed by atoms with van der Waals surface area (Å²) in [6.07, 6.45) is 3.62. The Balaban J connectivity index is 1.83. The number of carboxylic acids is 1. The molecule has 2 rings (SSSR count). The first-order chi connectivity index (χ1) is 8.13. The lowest BCUT2D eigenvalue weighted by Crippen LogP contribution is -2.14. The Kier molecular flexibility index (Phi) is 4.22. The van der Waals surface area contributed by atoms with E-state index in [1.54, 1.807) is 0 Å². The van der Waals surface area contributed by atoms with E-state index in [0.717, 1.165) is 11.0 Å². The number of aromatic nitrogens is 2. The second kappa shape index (κ2) is 5.68. The van der Waals surface area contributed by atoms with Crippen LogP contribution in [0.15, 0.2) is 4.34 Å². The van der Waals surface area contributed by atoms with Crippen LogP contribution in [0.5, 0.6) is 0 Å². The first kappa shape index (κ1) is 12.6. The number of carboxylic acid groups (broad SMARTS) is 1. The minimum absolute atomic E-state index is 0.0368. The van der Waals surface area contributed by atoms with Gasteiger partial charge in [0.2, 0.25) is 5.13 Å². The third-order valence-electron chi connectivity index (χ3n) is 2.75. The SMILES string of the molecule is CC1CCC(Nc2nnc(SCC(=O)O)s2)C1. The summed E-state index contributed by atoms with van der Waals surface area (Å²) in [6, 6.07) is 0.496. The van der Waals surface area contributed by atoms with Crippen LogP contribution >= 0.6 is 23.1 Å². The van der Waals surface area contributed by atoms with Crippen molar-refractivity contribution < 1.29 is 9.90 Å². The third-order valence-corrected chi connectivity index (χ3v) is 4.72. The predicted molar refractivity (Wildman–Crippen MR) is 68.7 cm³/mol. The zero-order valence-corrected chi connectivity index (χ0v) is 11.2. The van der Waals surface area contributed by atoms with E-state index in [-0.39, 0.29) is 5.75 Å². The molecule has 0 saturated heterocycles. The van der Waals surface area contributed by atoms with Gasteiger partial charge in [-0.2, -0.15) is 0 Å². The van der Waals surface area contributed by atoms with E-state index in [4.69, 9.17) is 5.11 Å². The smallest absolute Gasteiger partial charge is 0.313 e. The summed E-state index contributed by atoms with van der Waals surface area (Å²) in [7, 11) is 0. The van der Waals surface area contributed by atoms with E-state index in [1.165, 1.54) is 42.4 Å². The van der Waals surface area contributed by atoms with E-state index in [1.807, 2.05) is 0 Å². The van der Waals surface area contributed by atoms with Gasteiger partial charge in [-0.25, -0.2) is 0 Å². The van der Waals surface area contributed by atoms with Crippen LogP contribution in [0.1, 0.15) is 26.2 Å². The number of thioether (sulfide) groups is 1. The van der Waals surface area contributed by atoms with E-state index in [2.05, 4.69) is 22.4 Å². The molecule has 2 unspecified atom stereocenters. The Morgan fingerprint density at radius 1 is 1.59 bits per heavy atom. The molecule has 94 valence electrons. The fourth-order valence-corrected chi connectivity index (χ4v) is 3.51. The summed E-state index contributed by atoms with van der Waals surface area (Å²) in [6.45, 7) is 2.26. The van der Waals surface area contributed by atoms with Crippen LogP contribution in [0.3, 0.4) is 0 Å². The summed E-state index contributed by atoms with van der Waals surface area (Å²) >= 11 is 2.64. The van der Waals surface area contributed by atoms with Crippen LogP contribution in [-0.4, -0.2) is 33.1 Å². The number of carbonyl (C=O) groups is 1. The van der Waals surface area contributed by atoms with Gasteiger partial charge >= 0.3 is 5.97 Å². The van der Waals surface area contributed by atoms with Crippen molar-refractivity contribution in [1.82, 2.24) is 10.2 Å². The lowest BCUT2D eigenvalue weighted by molar-refractivity contribution is -0.133. The molecule has 1 heterocycles. The highest BCUT2D eigenvalue weighted by Crippen LogP contribution is 2.30. The molecule has 2 N–H and O–H groups in total. The molecule has 0 bridgehead atoms. The molecule has 17 heavy (non-hydrogen) atoms. The maximum atomic E-state index is 10.4. The minimum atomic E-state index is -0.829. The maximum absolute atomic E-state index is 10.4. The van der Waals surface area contributed by atoms with Gasteiger partial charge in [-0.05, 0) is 25.2 Å². The summed E-state index contributed by atoms with van der Waals surface area (Å²) in [5, 5.41) is 20.7. The zero-order valence-electron chi connectivity index (χ0n) is 9.55. The monoisotopic (exact) mass is 273 g/mol. The first-order valence-electron chi connectivity index (χ1n) is 5.58. The van der Waals surface area contributed by atoms with E-state index in [9.17, 15) is 4.79 Å². The molecule has 0 radical (unpaired) electrons. The number of rotatable bonds is 5. The number of hydrogen-bond donors (Lipinski definition) is 2. The Bertz CT molecular complexity index is 397. The molecular formula is C10H15N3O2S2. The number of hydrogen-bond acceptors (Lipinski definition) is 6. The molecule has 1 aromatic rings. The minimum Gasteiger partial charge on any atom is -0.481 e. The number of aliphatic carboxylic acids is 1. The molecule has 0 aliphatic heterocycles. The van der Waals surface area contributed by atoms with Gasteiger partial charge in [0.15, 0.2) is 4.34 Å². The number of nitrogens with zero attached hydrogens (tertiary/aromatic N) is 2. The summed E-state index contributed by atoms with van der Waals surface area (Å²) in [5.41, 5.74) is 0. The van der Waals surface area contributed by atoms with Gasteiger partial charge in [-0.1, -0.05) is 30.0 Å². The van der Waals surface area contributed by atoms with Gasteiger partial charge in [0, 0.05) is 6.04 Å². The Labute approximate surface area is 108 Å². The lowest BCUT2D eigenvalue weighted by atomic mass is 10.1. The summed E-state index contributed by atoms with van der Waals surface area (Å²) < 4.78 is 0.709. The second-order valence-electron chi connectivity index (χ2n) is 4.32. The standard InChI is InChI=1S/C10H15N3O2S2/c1-6-2-3-7(4-6)11-9-12-13-10(17-9)16-5-8(14)15/h6-7H,2-5H2,1H3,(H,11,12)(H,14,15). The molecular weight excluding hydrogens is 258 g/mol. The van der Waals surface area contributed by atoms with Crippen molar-refractivity contribution in [2.45, 2.75) is 36.6 Å². The quantitative estimate of drug-likeness (QED) is 0.802. The normalized spacial score (nSPS) is 23.8. The highest BCUT2D eigenvalue weighted by molar-refractivity contribution is 8.01. The average Bonchev–Trinajstić information content (AvgIpc) is 2.86. The van der Waals surface area contributed by atoms with Crippen molar-refractivity contribution in [3.8, 4) is 0 Å². The largest absolute Gasteiger partial charge is 0.481 e. The molecule has 1 fully saturated rings. The second-order valence-corrected chi connectivity index (χ2v) is 6.52. The fraction of sp³-hybridized carbons (Fsp3) is 0.700. The van der Waals surface area contributed by atoms with Crippen molar-refractivity contribution in [3.63, 3.8) is 0 Å². The van der Waals surface area contributed by atoms with Crippen LogP contribution in [0, 0.1) is 5.92 Å². The fourth-order valence-electron chi connectivity index (χ4n) is 1.96. The van der Waals surface area contributed by atoms with Crippen LogP contribution in [0.4, 0.5) is 5.13 Å². The molecule has 1 aliphatic rings. The first-order valence-corrected chi connectivity index (χ1v) is 7.38. The van der Waals surface area contributed by atoms with Gasteiger partial charge < -0.3 is 10.4 Å². The van der Waals surface area contributed by atoms with E-state index >= 15 is 0 Å². The zero-order chi connectivity index (χ0) is 12.3. The highest BCUT2D eigenvalue weighted by Gasteiger charge is 2.22. The molecule has 1 aromatic heterocycles. The molecule has 2 atom stereocenters. The third kappa shape index (κ3) is 3.85. The molecule has 1 saturated carbocycles. The summed E-state index contributed by atoms with van der Waals surface area (Å²) in [5.74, 6) is -0.0136. The van der Waals surface area contributed by atoms with Gasteiger partial charge in [0.25, 0.3) is 0 Å². The van der Waals surface area contributed by atoms with Crippen molar-refractivity contribution in [3.05, 3.63) is 0 Å². The average molecular weight is 273 g/mol.